The highest BCUT2D eigenvalue weighted by molar-refractivity contribution is 5.47. The van der Waals surface area contributed by atoms with Gasteiger partial charge >= 0.3 is 0 Å². The molecule has 0 aliphatic carbocycles. The lowest BCUT2D eigenvalue weighted by atomic mass is 9.73. The Bertz CT molecular complexity index is 706. The molecule has 1 N–H and O–H groups in total. The quantitative estimate of drug-likeness (QED) is 0.859. The van der Waals surface area contributed by atoms with E-state index >= 15 is 0 Å². The Morgan fingerprint density at radius 2 is 1.50 bits per heavy atom. The summed E-state index contributed by atoms with van der Waals surface area (Å²) in [4.78, 5) is 2.42. The smallest absolute Gasteiger partial charge is 0.123 e. The van der Waals surface area contributed by atoms with Gasteiger partial charge < -0.3 is 5.11 Å². The van der Waals surface area contributed by atoms with Gasteiger partial charge in [0.2, 0.25) is 0 Å². The van der Waals surface area contributed by atoms with Crippen molar-refractivity contribution in [2.75, 3.05) is 6.61 Å². The fourth-order valence-electron chi connectivity index (χ4n) is 4.33. The van der Waals surface area contributed by atoms with Gasteiger partial charge in [-0.1, -0.05) is 12.1 Å². The average molecular weight is 329 g/mol. The van der Waals surface area contributed by atoms with Gasteiger partial charge in [-0.2, -0.15) is 0 Å². The Kier molecular flexibility index (Phi) is 4.10. The average Bonchev–Trinajstić information content (AvgIpc) is 2.56. The number of nitrogens with zero attached hydrogens (tertiary/aromatic N) is 1. The van der Waals surface area contributed by atoms with Crippen molar-refractivity contribution in [2.24, 2.45) is 0 Å². The second-order valence-electron chi connectivity index (χ2n) is 6.86. The zero-order chi connectivity index (χ0) is 16.7. The van der Waals surface area contributed by atoms with Crippen LogP contribution in [0.1, 0.15) is 47.4 Å². The molecule has 2 aromatic carbocycles. The third kappa shape index (κ3) is 2.64. The molecule has 2 aromatic rings. The molecule has 0 amide bonds. The van der Waals surface area contributed by atoms with Crippen LogP contribution in [0.5, 0.6) is 0 Å². The van der Waals surface area contributed by atoms with Gasteiger partial charge in [0, 0.05) is 31.7 Å². The lowest BCUT2D eigenvalue weighted by molar-refractivity contribution is 0.119. The number of unbranched alkanes of at least 4 members (excludes halogenated alkanes) is 1. The first kappa shape index (κ1) is 15.7. The Morgan fingerprint density at radius 3 is 2.04 bits per heavy atom. The molecular formula is C20H21F2NO. The van der Waals surface area contributed by atoms with Gasteiger partial charge in [-0.15, -0.1) is 0 Å². The number of hydrogen-bond donors (Lipinski definition) is 1. The largest absolute Gasteiger partial charge is 0.396 e. The van der Waals surface area contributed by atoms with Crippen LogP contribution in [0.4, 0.5) is 8.78 Å². The number of fused-ring (bicyclic) bond motifs is 6. The first-order valence-corrected chi connectivity index (χ1v) is 8.59. The highest BCUT2D eigenvalue weighted by Gasteiger charge is 2.40. The Labute approximate surface area is 140 Å². The summed E-state index contributed by atoms with van der Waals surface area (Å²) in [5.74, 6) is -0.470. The topological polar surface area (TPSA) is 23.5 Å². The first-order valence-electron chi connectivity index (χ1n) is 8.59. The number of hydrogen-bond acceptors (Lipinski definition) is 2. The Balaban J connectivity index is 1.81. The van der Waals surface area contributed by atoms with Crippen molar-refractivity contribution in [3.8, 4) is 0 Å². The fourth-order valence-corrected chi connectivity index (χ4v) is 4.33. The molecule has 2 heterocycles. The summed E-state index contributed by atoms with van der Waals surface area (Å²) in [5, 5.41) is 9.07. The summed E-state index contributed by atoms with van der Waals surface area (Å²) in [6.07, 6.45) is 2.61. The molecule has 2 aliphatic heterocycles. The van der Waals surface area contributed by atoms with Crippen molar-refractivity contribution in [2.45, 2.75) is 44.3 Å². The van der Waals surface area contributed by atoms with Gasteiger partial charge in [0.15, 0.2) is 0 Å². The number of rotatable bonds is 4. The van der Waals surface area contributed by atoms with Crippen LogP contribution in [0.3, 0.4) is 0 Å². The van der Waals surface area contributed by atoms with Gasteiger partial charge in [0.25, 0.3) is 0 Å². The highest BCUT2D eigenvalue weighted by Crippen LogP contribution is 2.45. The van der Waals surface area contributed by atoms with Gasteiger partial charge in [-0.05, 0) is 65.8 Å². The highest BCUT2D eigenvalue weighted by atomic mass is 19.1. The predicted molar refractivity (Wildman–Crippen MR) is 88.6 cm³/mol. The van der Waals surface area contributed by atoms with Gasteiger partial charge in [0.1, 0.15) is 11.6 Å². The minimum atomic E-state index is -0.236. The van der Waals surface area contributed by atoms with E-state index in [0.29, 0.717) is 0 Å². The molecule has 1 unspecified atom stereocenters. The normalized spacial score (nSPS) is 24.4. The van der Waals surface area contributed by atoms with Crippen LogP contribution >= 0.6 is 0 Å². The summed E-state index contributed by atoms with van der Waals surface area (Å²) in [5.41, 5.74) is 4.25. The summed E-state index contributed by atoms with van der Waals surface area (Å²) in [7, 11) is 0. The van der Waals surface area contributed by atoms with Crippen LogP contribution in [0, 0.1) is 11.6 Å². The van der Waals surface area contributed by atoms with E-state index in [1.165, 1.54) is 12.1 Å². The molecule has 24 heavy (non-hydrogen) atoms. The van der Waals surface area contributed by atoms with Crippen LogP contribution in [-0.2, 0) is 13.1 Å². The van der Waals surface area contributed by atoms with Gasteiger partial charge in [-0.3, -0.25) is 4.90 Å². The van der Waals surface area contributed by atoms with Crippen molar-refractivity contribution >= 4 is 0 Å². The molecule has 4 heteroatoms. The molecule has 0 fully saturated rings. The lowest BCUT2D eigenvalue weighted by Gasteiger charge is -2.47. The van der Waals surface area contributed by atoms with Crippen molar-refractivity contribution < 1.29 is 13.9 Å². The molecule has 0 aromatic heterocycles. The Morgan fingerprint density at radius 1 is 0.917 bits per heavy atom. The molecule has 1 atom stereocenters. The molecule has 126 valence electrons. The first-order chi connectivity index (χ1) is 11.7. The van der Waals surface area contributed by atoms with Crippen LogP contribution in [-0.4, -0.2) is 22.7 Å². The van der Waals surface area contributed by atoms with E-state index in [2.05, 4.69) is 4.90 Å². The molecule has 2 nitrogen and oxygen atoms in total. The van der Waals surface area contributed by atoms with E-state index in [9.17, 15) is 8.78 Å². The number of aliphatic hydroxyl groups excluding tert-OH is 1. The van der Waals surface area contributed by atoms with E-state index in [1.807, 2.05) is 12.1 Å². The lowest BCUT2D eigenvalue weighted by Crippen LogP contribution is -2.47. The van der Waals surface area contributed by atoms with Crippen molar-refractivity contribution in [3.05, 3.63) is 70.3 Å². The fraction of sp³-hybridized carbons (Fsp3) is 0.400. The minimum absolute atomic E-state index is 0.00240. The monoisotopic (exact) mass is 329 g/mol. The third-order valence-electron chi connectivity index (χ3n) is 5.39. The summed E-state index contributed by atoms with van der Waals surface area (Å²) in [6.45, 7) is 1.78. The van der Waals surface area contributed by atoms with Gasteiger partial charge in [0.05, 0.1) is 0 Å². The molecule has 2 aliphatic rings. The maximum atomic E-state index is 13.9. The maximum absolute atomic E-state index is 13.9. The van der Waals surface area contributed by atoms with Crippen LogP contribution in [0.25, 0.3) is 0 Å². The summed E-state index contributed by atoms with van der Waals surface area (Å²) < 4.78 is 27.8. The molecule has 0 saturated carbocycles. The van der Waals surface area contributed by atoms with Crippen molar-refractivity contribution in [3.63, 3.8) is 0 Å². The molecule has 2 bridgehead atoms. The molecule has 0 radical (unpaired) electrons. The van der Waals surface area contributed by atoms with Crippen molar-refractivity contribution in [1.29, 1.82) is 0 Å². The zero-order valence-electron chi connectivity index (χ0n) is 13.5. The van der Waals surface area contributed by atoms with Gasteiger partial charge in [-0.25, -0.2) is 8.78 Å². The Hall–Kier alpha value is -1.78. The third-order valence-corrected chi connectivity index (χ3v) is 5.39. The second kappa shape index (κ2) is 6.26. The summed E-state index contributed by atoms with van der Waals surface area (Å²) in [6, 6.07) is 10.2. The van der Waals surface area contributed by atoms with E-state index in [0.717, 1.165) is 54.6 Å². The molecular weight excluding hydrogens is 308 g/mol. The van der Waals surface area contributed by atoms with Crippen molar-refractivity contribution in [1.82, 2.24) is 4.90 Å². The van der Waals surface area contributed by atoms with E-state index < -0.39 is 0 Å². The van der Waals surface area contributed by atoms with Crippen LogP contribution in [0.15, 0.2) is 36.4 Å². The van der Waals surface area contributed by atoms with Crippen LogP contribution in [0.2, 0.25) is 0 Å². The zero-order valence-corrected chi connectivity index (χ0v) is 13.5. The minimum Gasteiger partial charge on any atom is -0.396 e. The molecule has 0 spiro atoms. The maximum Gasteiger partial charge on any atom is 0.123 e. The second-order valence-corrected chi connectivity index (χ2v) is 6.86. The molecule has 0 saturated heterocycles. The molecule has 4 rings (SSSR count). The standard InChI is InChI=1S/C20H21F2NO/c21-15-6-4-13-11-23-12-14-5-7-16(22)10-18(14)20(17(13)9-15)19(23)3-1-2-8-24/h4-7,9-10,19-20,24H,1-3,8,11-12H2. The number of aliphatic hydroxyl groups is 1. The SMILES string of the molecule is OCCCCC1C2c3cc(F)ccc3CN1Cc1ccc(F)cc12. The van der Waals surface area contributed by atoms with Crippen LogP contribution < -0.4 is 0 Å². The number of benzene rings is 2. The van der Waals surface area contributed by atoms with E-state index in [1.54, 1.807) is 12.1 Å². The summed E-state index contributed by atoms with van der Waals surface area (Å²) >= 11 is 0. The van der Waals surface area contributed by atoms with E-state index in [4.69, 9.17) is 5.11 Å². The van der Waals surface area contributed by atoms with E-state index in [-0.39, 0.29) is 30.2 Å². The number of halogens is 2. The predicted octanol–water partition coefficient (Wildman–Crippen LogP) is 3.96.